The monoisotopic (exact) mass is 207 g/mol. The highest BCUT2D eigenvalue weighted by Crippen LogP contribution is 2.25. The normalized spacial score (nSPS) is 22.9. The summed E-state index contributed by atoms with van der Waals surface area (Å²) in [5, 5.41) is 0. The van der Waals surface area contributed by atoms with Crippen molar-refractivity contribution in [1.29, 1.82) is 0 Å². The summed E-state index contributed by atoms with van der Waals surface area (Å²) < 4.78 is 29.7. The molecular formula is C8H17NO3S. The molecule has 3 N–H and O–H groups in total. The lowest BCUT2D eigenvalue weighted by atomic mass is 9.85. The second-order valence-corrected chi connectivity index (χ2v) is 5.31. The summed E-state index contributed by atoms with van der Waals surface area (Å²) in [4.78, 5) is 0. The number of hydrogen-bond donors (Lipinski definition) is 2. The smallest absolute Gasteiger partial charge is 0.266 e. The van der Waals surface area contributed by atoms with Crippen LogP contribution in [0.3, 0.4) is 0 Å². The summed E-state index contributed by atoms with van der Waals surface area (Å²) in [6.07, 6.45) is 5.47. The Hall–Kier alpha value is -0.130. The molecule has 78 valence electrons. The summed E-state index contributed by atoms with van der Waals surface area (Å²) >= 11 is 0. The summed E-state index contributed by atoms with van der Waals surface area (Å²) in [5.41, 5.74) is 5.70. The van der Waals surface area contributed by atoms with E-state index in [1.165, 1.54) is 6.42 Å². The van der Waals surface area contributed by atoms with E-state index in [9.17, 15) is 8.42 Å². The standard InChI is InChI=1S/C8H17NO3S/c9-8(6-13(10,11)12)7-4-2-1-3-5-7/h7-8H,1-6,9H2,(H,10,11,12). The number of hydrogen-bond acceptors (Lipinski definition) is 3. The van der Waals surface area contributed by atoms with Crippen LogP contribution >= 0.6 is 0 Å². The van der Waals surface area contributed by atoms with Gasteiger partial charge in [-0.25, -0.2) is 0 Å². The van der Waals surface area contributed by atoms with Crippen LogP contribution in [0.2, 0.25) is 0 Å². The third kappa shape index (κ3) is 4.06. The first-order valence-electron chi connectivity index (χ1n) is 4.70. The third-order valence-corrected chi connectivity index (χ3v) is 3.46. The Kier molecular flexibility index (Phi) is 3.70. The second-order valence-electron chi connectivity index (χ2n) is 3.81. The van der Waals surface area contributed by atoms with Gasteiger partial charge in [-0.3, -0.25) is 4.55 Å². The summed E-state index contributed by atoms with van der Waals surface area (Å²) in [6, 6.07) is -0.393. The second kappa shape index (κ2) is 4.39. The van der Waals surface area contributed by atoms with Gasteiger partial charge in [-0.1, -0.05) is 19.3 Å². The molecule has 0 spiro atoms. The Morgan fingerprint density at radius 1 is 1.31 bits per heavy atom. The van der Waals surface area contributed by atoms with Crippen LogP contribution in [0.4, 0.5) is 0 Å². The molecule has 4 nitrogen and oxygen atoms in total. The fourth-order valence-electron chi connectivity index (χ4n) is 1.94. The molecule has 0 heterocycles. The van der Waals surface area contributed by atoms with Crippen LogP contribution in [0, 0.1) is 5.92 Å². The molecule has 5 heteroatoms. The molecular weight excluding hydrogens is 190 g/mol. The fourth-order valence-corrected chi connectivity index (χ4v) is 2.70. The van der Waals surface area contributed by atoms with Gasteiger partial charge in [-0.05, 0) is 18.8 Å². The van der Waals surface area contributed by atoms with Crippen LogP contribution in [-0.2, 0) is 10.1 Å². The van der Waals surface area contributed by atoms with Gasteiger partial charge in [0.2, 0.25) is 0 Å². The summed E-state index contributed by atoms with van der Waals surface area (Å²) in [5.74, 6) is -0.0202. The molecule has 0 bridgehead atoms. The number of nitrogens with two attached hydrogens (primary N) is 1. The van der Waals surface area contributed by atoms with Crippen LogP contribution in [0.5, 0.6) is 0 Å². The first-order valence-corrected chi connectivity index (χ1v) is 6.31. The Morgan fingerprint density at radius 3 is 2.31 bits per heavy atom. The predicted molar refractivity (Wildman–Crippen MR) is 51.0 cm³/mol. The highest BCUT2D eigenvalue weighted by atomic mass is 32.2. The zero-order valence-corrected chi connectivity index (χ0v) is 8.46. The topological polar surface area (TPSA) is 80.4 Å². The van der Waals surface area contributed by atoms with Crippen LogP contribution in [0.15, 0.2) is 0 Å². The van der Waals surface area contributed by atoms with Gasteiger partial charge in [-0.2, -0.15) is 8.42 Å². The van der Waals surface area contributed by atoms with Crippen molar-refractivity contribution in [2.75, 3.05) is 5.75 Å². The van der Waals surface area contributed by atoms with E-state index in [1.54, 1.807) is 0 Å². The van der Waals surface area contributed by atoms with Crippen molar-refractivity contribution in [2.45, 2.75) is 38.1 Å². The molecule has 1 aliphatic rings. The highest BCUT2D eigenvalue weighted by molar-refractivity contribution is 7.85. The van der Waals surface area contributed by atoms with Crippen LogP contribution in [0.25, 0.3) is 0 Å². The van der Waals surface area contributed by atoms with Crippen LogP contribution < -0.4 is 5.73 Å². The minimum Gasteiger partial charge on any atom is -0.326 e. The lowest BCUT2D eigenvalue weighted by Crippen LogP contribution is -2.37. The molecule has 0 radical (unpaired) electrons. The molecule has 1 aliphatic carbocycles. The number of rotatable bonds is 3. The minimum absolute atomic E-state index is 0.274. The molecule has 1 fully saturated rings. The van der Waals surface area contributed by atoms with Crippen molar-refractivity contribution < 1.29 is 13.0 Å². The van der Waals surface area contributed by atoms with Gasteiger partial charge < -0.3 is 5.73 Å². The molecule has 1 unspecified atom stereocenters. The lowest BCUT2D eigenvalue weighted by Gasteiger charge is -2.26. The average Bonchev–Trinajstić information content (AvgIpc) is 2.03. The van der Waals surface area contributed by atoms with Gasteiger partial charge in [0.05, 0.1) is 5.75 Å². The van der Waals surface area contributed by atoms with Crippen molar-refractivity contribution >= 4 is 10.1 Å². The Bertz CT molecular complexity index is 244. The van der Waals surface area contributed by atoms with Gasteiger partial charge in [0.15, 0.2) is 0 Å². The third-order valence-electron chi connectivity index (χ3n) is 2.66. The lowest BCUT2D eigenvalue weighted by molar-refractivity contribution is 0.314. The molecule has 1 atom stereocenters. The Morgan fingerprint density at radius 2 is 1.85 bits per heavy atom. The van der Waals surface area contributed by atoms with E-state index >= 15 is 0 Å². The van der Waals surface area contributed by atoms with Gasteiger partial charge in [0.1, 0.15) is 0 Å². The first-order chi connectivity index (χ1) is 5.99. The van der Waals surface area contributed by atoms with Crippen molar-refractivity contribution in [1.82, 2.24) is 0 Å². The molecule has 0 saturated heterocycles. The van der Waals surface area contributed by atoms with Crippen LogP contribution in [0.1, 0.15) is 32.1 Å². The predicted octanol–water partition coefficient (Wildman–Crippen LogP) is 0.782. The fraction of sp³-hybridized carbons (Fsp3) is 1.00. The molecule has 1 rings (SSSR count). The molecule has 0 aliphatic heterocycles. The molecule has 0 amide bonds. The molecule has 0 aromatic heterocycles. The van der Waals surface area contributed by atoms with E-state index in [2.05, 4.69) is 0 Å². The van der Waals surface area contributed by atoms with Gasteiger partial charge in [0.25, 0.3) is 10.1 Å². The molecule has 0 aromatic carbocycles. The average molecular weight is 207 g/mol. The summed E-state index contributed by atoms with van der Waals surface area (Å²) in [6.45, 7) is 0. The van der Waals surface area contributed by atoms with Crippen molar-refractivity contribution in [3.63, 3.8) is 0 Å². The zero-order chi connectivity index (χ0) is 9.90. The first kappa shape index (κ1) is 10.9. The Labute approximate surface area is 79.3 Å². The molecule has 1 saturated carbocycles. The molecule has 0 aromatic rings. The van der Waals surface area contributed by atoms with E-state index in [-0.39, 0.29) is 11.7 Å². The van der Waals surface area contributed by atoms with Crippen molar-refractivity contribution in [2.24, 2.45) is 11.7 Å². The quantitative estimate of drug-likeness (QED) is 0.670. The van der Waals surface area contributed by atoms with Gasteiger partial charge >= 0.3 is 0 Å². The highest BCUT2D eigenvalue weighted by Gasteiger charge is 2.24. The maximum Gasteiger partial charge on any atom is 0.266 e. The van der Waals surface area contributed by atoms with E-state index < -0.39 is 16.2 Å². The maximum absolute atomic E-state index is 10.6. The largest absolute Gasteiger partial charge is 0.326 e. The SMILES string of the molecule is NC(CS(=O)(=O)O)C1CCCCC1. The molecule has 13 heavy (non-hydrogen) atoms. The van der Waals surface area contributed by atoms with Crippen molar-refractivity contribution in [3.8, 4) is 0 Å². The maximum atomic E-state index is 10.6. The van der Waals surface area contributed by atoms with E-state index in [4.69, 9.17) is 10.3 Å². The van der Waals surface area contributed by atoms with E-state index in [0.717, 1.165) is 25.7 Å². The van der Waals surface area contributed by atoms with Gasteiger partial charge in [-0.15, -0.1) is 0 Å². The van der Waals surface area contributed by atoms with E-state index in [0.29, 0.717) is 0 Å². The van der Waals surface area contributed by atoms with E-state index in [1.807, 2.05) is 0 Å². The van der Waals surface area contributed by atoms with Crippen molar-refractivity contribution in [3.05, 3.63) is 0 Å². The minimum atomic E-state index is -3.90. The van der Waals surface area contributed by atoms with Crippen LogP contribution in [-0.4, -0.2) is 24.8 Å². The zero-order valence-electron chi connectivity index (χ0n) is 7.65. The summed E-state index contributed by atoms with van der Waals surface area (Å²) in [7, 11) is -3.90. The Balaban J connectivity index is 2.42. The van der Waals surface area contributed by atoms with Gasteiger partial charge in [0, 0.05) is 6.04 Å².